The predicted octanol–water partition coefficient (Wildman–Crippen LogP) is 2.99. The van der Waals surface area contributed by atoms with Crippen LogP contribution >= 0.6 is 11.6 Å². The van der Waals surface area contributed by atoms with Gasteiger partial charge in [-0.25, -0.2) is 0 Å². The third kappa shape index (κ3) is 2.37. The van der Waals surface area contributed by atoms with Crippen molar-refractivity contribution in [3.05, 3.63) is 34.9 Å². The summed E-state index contributed by atoms with van der Waals surface area (Å²) in [7, 11) is 0. The normalized spacial score (nSPS) is 29.4. The number of halogens is 1. The molecule has 0 spiro atoms. The minimum atomic E-state index is -0.688. The minimum absolute atomic E-state index is 0.0761. The summed E-state index contributed by atoms with van der Waals surface area (Å²) in [5, 5.41) is 10.1. The highest BCUT2D eigenvalue weighted by atomic mass is 35.5. The van der Waals surface area contributed by atoms with Crippen LogP contribution in [0.3, 0.4) is 0 Å². The largest absolute Gasteiger partial charge is 0.481 e. The number of carbonyl (C=O) groups is 1. The first-order valence-corrected chi connectivity index (χ1v) is 7.11. The fraction of sp³-hybridized carbons (Fsp3) is 0.533. The summed E-state index contributed by atoms with van der Waals surface area (Å²) >= 11 is 5.90. The van der Waals surface area contributed by atoms with Crippen LogP contribution in [0.25, 0.3) is 0 Å². The Morgan fingerprint density at radius 2 is 1.95 bits per heavy atom. The van der Waals surface area contributed by atoms with Gasteiger partial charge < -0.3 is 5.11 Å². The summed E-state index contributed by atoms with van der Waals surface area (Å²) in [5.74, 6) is -0.919. The predicted molar refractivity (Wildman–Crippen MR) is 74.5 cm³/mol. The van der Waals surface area contributed by atoms with E-state index in [4.69, 9.17) is 11.6 Å². The Labute approximate surface area is 118 Å². The Morgan fingerprint density at radius 1 is 1.32 bits per heavy atom. The lowest BCUT2D eigenvalue weighted by Crippen LogP contribution is -2.33. The number of carboxylic acid groups (broad SMARTS) is 1. The van der Waals surface area contributed by atoms with Gasteiger partial charge in [0.05, 0.1) is 5.92 Å². The Bertz CT molecular complexity index is 495. The number of benzene rings is 1. The Hall–Kier alpha value is -1.06. The van der Waals surface area contributed by atoms with E-state index in [1.54, 1.807) is 0 Å². The topological polar surface area (TPSA) is 40.5 Å². The molecule has 1 aromatic rings. The SMILES string of the molecule is CC1(N2CC(C(=O)O)C(c3ccc(Cl)cc3)C2)CC1. The molecule has 2 aliphatic rings. The molecule has 1 aliphatic heterocycles. The van der Waals surface area contributed by atoms with Crippen molar-refractivity contribution in [2.45, 2.75) is 31.2 Å². The molecule has 1 N–H and O–H groups in total. The maximum Gasteiger partial charge on any atom is 0.308 e. The monoisotopic (exact) mass is 279 g/mol. The van der Waals surface area contributed by atoms with Crippen LogP contribution in [0.5, 0.6) is 0 Å². The highest BCUT2D eigenvalue weighted by molar-refractivity contribution is 6.30. The second-order valence-electron chi connectivity index (χ2n) is 6.00. The van der Waals surface area contributed by atoms with E-state index >= 15 is 0 Å². The van der Waals surface area contributed by atoms with E-state index < -0.39 is 5.97 Å². The first-order valence-electron chi connectivity index (χ1n) is 6.73. The van der Waals surface area contributed by atoms with Crippen LogP contribution in [0.2, 0.25) is 5.02 Å². The van der Waals surface area contributed by atoms with E-state index in [0.29, 0.717) is 11.6 Å². The quantitative estimate of drug-likeness (QED) is 0.925. The van der Waals surface area contributed by atoms with Gasteiger partial charge in [-0.1, -0.05) is 23.7 Å². The molecule has 1 saturated carbocycles. The van der Waals surface area contributed by atoms with Crippen molar-refractivity contribution in [1.29, 1.82) is 0 Å². The van der Waals surface area contributed by atoms with E-state index in [0.717, 1.165) is 12.1 Å². The molecule has 3 rings (SSSR count). The van der Waals surface area contributed by atoms with Crippen LogP contribution in [0.4, 0.5) is 0 Å². The second kappa shape index (κ2) is 4.50. The van der Waals surface area contributed by atoms with Crippen molar-refractivity contribution in [3.63, 3.8) is 0 Å². The molecule has 0 radical (unpaired) electrons. The summed E-state index contributed by atoms with van der Waals surface area (Å²) in [6, 6.07) is 7.61. The zero-order chi connectivity index (χ0) is 13.6. The van der Waals surface area contributed by atoms with Crippen LogP contribution in [-0.4, -0.2) is 34.6 Å². The molecular weight excluding hydrogens is 262 g/mol. The standard InChI is InChI=1S/C15H18ClNO2/c1-15(6-7-15)17-8-12(13(9-17)14(18)19)10-2-4-11(16)5-3-10/h2-5,12-13H,6-9H2,1H3,(H,18,19). The lowest BCUT2D eigenvalue weighted by molar-refractivity contribution is -0.141. The van der Waals surface area contributed by atoms with Gasteiger partial charge in [0, 0.05) is 29.6 Å². The molecule has 2 atom stereocenters. The molecular formula is C15H18ClNO2. The molecule has 0 bridgehead atoms. The van der Waals surface area contributed by atoms with Gasteiger partial charge in [-0.3, -0.25) is 9.69 Å². The van der Waals surface area contributed by atoms with Gasteiger partial charge >= 0.3 is 5.97 Å². The van der Waals surface area contributed by atoms with Crippen molar-refractivity contribution in [1.82, 2.24) is 4.90 Å². The number of nitrogens with zero attached hydrogens (tertiary/aromatic N) is 1. The molecule has 2 unspecified atom stereocenters. The maximum atomic E-state index is 11.5. The summed E-state index contributed by atoms with van der Waals surface area (Å²) in [5.41, 5.74) is 1.33. The average Bonchev–Trinajstić information content (AvgIpc) is 2.96. The fourth-order valence-corrected chi connectivity index (χ4v) is 3.17. The smallest absolute Gasteiger partial charge is 0.308 e. The van der Waals surface area contributed by atoms with Gasteiger partial charge in [0.15, 0.2) is 0 Å². The lowest BCUT2D eigenvalue weighted by atomic mass is 9.89. The maximum absolute atomic E-state index is 11.5. The Morgan fingerprint density at radius 3 is 2.47 bits per heavy atom. The van der Waals surface area contributed by atoms with E-state index in [9.17, 15) is 9.90 Å². The molecule has 4 heteroatoms. The number of hydrogen-bond acceptors (Lipinski definition) is 2. The fourth-order valence-electron chi connectivity index (χ4n) is 3.04. The van der Waals surface area contributed by atoms with E-state index in [1.807, 2.05) is 24.3 Å². The van der Waals surface area contributed by atoms with Gasteiger partial charge in [0.2, 0.25) is 0 Å². The van der Waals surface area contributed by atoms with Crippen LogP contribution < -0.4 is 0 Å². The Kier molecular flexibility index (Phi) is 3.06. The summed E-state index contributed by atoms with van der Waals surface area (Å²) < 4.78 is 0. The molecule has 1 aromatic carbocycles. The highest BCUT2D eigenvalue weighted by Crippen LogP contribution is 2.46. The minimum Gasteiger partial charge on any atom is -0.481 e. The molecule has 0 aromatic heterocycles. The third-order valence-electron chi connectivity index (χ3n) is 4.67. The first-order chi connectivity index (χ1) is 8.99. The third-order valence-corrected chi connectivity index (χ3v) is 4.92. The lowest BCUT2D eigenvalue weighted by Gasteiger charge is -2.23. The number of likely N-dealkylation sites (tertiary alicyclic amines) is 1. The van der Waals surface area contributed by atoms with Gasteiger partial charge in [-0.15, -0.1) is 0 Å². The van der Waals surface area contributed by atoms with Crippen molar-refractivity contribution < 1.29 is 9.90 Å². The zero-order valence-electron chi connectivity index (χ0n) is 11.0. The molecule has 1 aliphatic carbocycles. The van der Waals surface area contributed by atoms with Gasteiger partial charge in [0.25, 0.3) is 0 Å². The number of carboxylic acids is 1. The zero-order valence-corrected chi connectivity index (χ0v) is 11.7. The molecule has 19 heavy (non-hydrogen) atoms. The van der Waals surface area contributed by atoms with Crippen molar-refractivity contribution in [2.24, 2.45) is 5.92 Å². The van der Waals surface area contributed by atoms with Gasteiger partial charge in [-0.05, 0) is 37.5 Å². The van der Waals surface area contributed by atoms with Crippen LogP contribution in [0.1, 0.15) is 31.2 Å². The van der Waals surface area contributed by atoms with Crippen LogP contribution in [0.15, 0.2) is 24.3 Å². The molecule has 102 valence electrons. The molecule has 0 amide bonds. The first kappa shape index (κ1) is 12.9. The number of hydrogen-bond donors (Lipinski definition) is 1. The van der Waals surface area contributed by atoms with Crippen LogP contribution in [-0.2, 0) is 4.79 Å². The number of aliphatic carboxylic acids is 1. The second-order valence-corrected chi connectivity index (χ2v) is 6.44. The average molecular weight is 280 g/mol. The molecule has 1 heterocycles. The van der Waals surface area contributed by atoms with Crippen molar-refractivity contribution >= 4 is 17.6 Å². The van der Waals surface area contributed by atoms with E-state index in [-0.39, 0.29) is 17.4 Å². The summed E-state index contributed by atoms with van der Waals surface area (Å²) in [6.45, 7) is 3.74. The molecule has 3 nitrogen and oxygen atoms in total. The van der Waals surface area contributed by atoms with Gasteiger partial charge in [0.1, 0.15) is 0 Å². The number of rotatable bonds is 3. The van der Waals surface area contributed by atoms with Crippen LogP contribution in [0, 0.1) is 5.92 Å². The van der Waals surface area contributed by atoms with Gasteiger partial charge in [-0.2, -0.15) is 0 Å². The van der Waals surface area contributed by atoms with Crippen molar-refractivity contribution in [2.75, 3.05) is 13.1 Å². The van der Waals surface area contributed by atoms with Crippen molar-refractivity contribution in [3.8, 4) is 0 Å². The summed E-state index contributed by atoms with van der Waals surface area (Å²) in [4.78, 5) is 13.8. The van der Waals surface area contributed by atoms with E-state index in [1.165, 1.54) is 12.8 Å². The Balaban J connectivity index is 1.85. The highest BCUT2D eigenvalue weighted by Gasteiger charge is 2.50. The summed E-state index contributed by atoms with van der Waals surface area (Å²) in [6.07, 6.45) is 2.37. The molecule has 1 saturated heterocycles. The van der Waals surface area contributed by atoms with E-state index in [2.05, 4.69) is 11.8 Å². The molecule has 2 fully saturated rings.